The molecule has 1 aromatic carbocycles. The summed E-state index contributed by atoms with van der Waals surface area (Å²) in [5, 5.41) is 8.27. The molecule has 17 heavy (non-hydrogen) atoms. The quantitative estimate of drug-likeness (QED) is 0.827. The van der Waals surface area contributed by atoms with Crippen molar-refractivity contribution in [2.24, 2.45) is 0 Å². The summed E-state index contributed by atoms with van der Waals surface area (Å²) in [6.45, 7) is 2.14. The van der Waals surface area contributed by atoms with Gasteiger partial charge in [-0.15, -0.1) is 16.9 Å². The van der Waals surface area contributed by atoms with Crippen molar-refractivity contribution in [3.8, 4) is 5.69 Å². The number of aromatic nitrogens is 3. The van der Waals surface area contributed by atoms with Crippen LogP contribution in [0.2, 0.25) is 0 Å². The van der Waals surface area contributed by atoms with Gasteiger partial charge in [0.25, 0.3) is 0 Å². The Morgan fingerprint density at radius 2 is 2.12 bits per heavy atom. The zero-order valence-corrected chi connectivity index (χ0v) is 10.8. The molecule has 0 radical (unpaired) electrons. The molecule has 0 aliphatic heterocycles. The summed E-state index contributed by atoms with van der Waals surface area (Å²) < 4.78 is 1.79. The van der Waals surface area contributed by atoms with Crippen LogP contribution in [-0.4, -0.2) is 21.2 Å². The maximum atomic E-state index is 4.15. The largest absolute Gasteiger partial charge is 0.220 e. The minimum absolute atomic E-state index is 0.903. The van der Waals surface area contributed by atoms with Crippen LogP contribution >= 0.6 is 11.8 Å². The highest BCUT2D eigenvalue weighted by Gasteiger charge is 2.01. The smallest absolute Gasteiger partial charge is 0.107 e. The summed E-state index contributed by atoms with van der Waals surface area (Å²) >= 11 is 1.75. The first-order valence-corrected chi connectivity index (χ1v) is 6.78. The van der Waals surface area contributed by atoms with Gasteiger partial charge in [0.15, 0.2) is 0 Å². The van der Waals surface area contributed by atoms with E-state index in [1.807, 2.05) is 36.5 Å². The Bertz CT molecular complexity index is 496. The van der Waals surface area contributed by atoms with Gasteiger partial charge in [-0.3, -0.25) is 0 Å². The topological polar surface area (TPSA) is 30.7 Å². The molecule has 0 N–H and O–H groups in total. The predicted octanol–water partition coefficient (Wildman–Crippen LogP) is 3.38. The maximum Gasteiger partial charge on any atom is 0.107 e. The number of rotatable bonds is 4. The zero-order chi connectivity index (χ0) is 12.1. The van der Waals surface area contributed by atoms with Crippen molar-refractivity contribution >= 4 is 17.8 Å². The average Bonchev–Trinajstić information content (AvgIpc) is 2.85. The molecule has 1 aromatic heterocycles. The van der Waals surface area contributed by atoms with E-state index < -0.39 is 0 Å². The fourth-order valence-electron chi connectivity index (χ4n) is 1.52. The second-order valence-electron chi connectivity index (χ2n) is 3.59. The van der Waals surface area contributed by atoms with Gasteiger partial charge in [-0.2, -0.15) is 0 Å². The van der Waals surface area contributed by atoms with Crippen LogP contribution in [0.1, 0.15) is 19.0 Å². The van der Waals surface area contributed by atoms with Gasteiger partial charge in [0.1, 0.15) is 5.69 Å². The van der Waals surface area contributed by atoms with E-state index in [9.17, 15) is 0 Å². The molecule has 1 heterocycles. The molecule has 0 unspecified atom stereocenters. The van der Waals surface area contributed by atoms with Gasteiger partial charge in [0.05, 0.1) is 11.9 Å². The van der Waals surface area contributed by atoms with Crippen molar-refractivity contribution < 1.29 is 0 Å². The second-order valence-corrected chi connectivity index (χ2v) is 4.52. The molecule has 88 valence electrons. The Hall–Kier alpha value is -1.55. The number of para-hydroxylation sites is 1. The SMILES string of the molecule is CC/C(=C/c1cn(-c2ccccc2)nn1)SC. The third-order valence-electron chi connectivity index (χ3n) is 2.45. The van der Waals surface area contributed by atoms with Crippen LogP contribution in [0.5, 0.6) is 0 Å². The zero-order valence-electron chi connectivity index (χ0n) is 10.00. The summed E-state index contributed by atoms with van der Waals surface area (Å²) in [7, 11) is 0. The molecular weight excluding hydrogens is 230 g/mol. The van der Waals surface area contributed by atoms with E-state index >= 15 is 0 Å². The lowest BCUT2D eigenvalue weighted by molar-refractivity contribution is 0.802. The number of hydrogen-bond donors (Lipinski definition) is 0. The van der Waals surface area contributed by atoms with Gasteiger partial charge in [-0.25, -0.2) is 4.68 Å². The third-order valence-corrected chi connectivity index (χ3v) is 3.38. The predicted molar refractivity (Wildman–Crippen MR) is 73.1 cm³/mol. The van der Waals surface area contributed by atoms with Crippen LogP contribution in [0, 0.1) is 0 Å². The van der Waals surface area contributed by atoms with E-state index in [2.05, 4.69) is 29.6 Å². The Morgan fingerprint density at radius 1 is 1.35 bits per heavy atom. The second kappa shape index (κ2) is 5.68. The molecular formula is C13H15N3S. The lowest BCUT2D eigenvalue weighted by Crippen LogP contribution is -1.93. The van der Waals surface area contributed by atoms with E-state index in [0.29, 0.717) is 0 Å². The number of nitrogens with zero attached hydrogens (tertiary/aromatic N) is 3. The summed E-state index contributed by atoms with van der Waals surface area (Å²) in [5.41, 5.74) is 1.93. The summed E-state index contributed by atoms with van der Waals surface area (Å²) in [6.07, 6.45) is 7.13. The van der Waals surface area contributed by atoms with E-state index in [1.54, 1.807) is 16.4 Å². The fourth-order valence-corrected chi connectivity index (χ4v) is 2.05. The lowest BCUT2D eigenvalue weighted by Gasteiger charge is -1.97. The highest BCUT2D eigenvalue weighted by atomic mass is 32.2. The standard InChI is InChI=1S/C13H15N3S/c1-3-13(17-2)9-11-10-16(15-14-11)12-7-5-4-6-8-12/h4-10H,3H2,1-2H3/b13-9-. The van der Waals surface area contributed by atoms with Crippen molar-refractivity contribution in [1.82, 2.24) is 15.0 Å². The molecule has 0 saturated heterocycles. The van der Waals surface area contributed by atoms with Gasteiger partial charge < -0.3 is 0 Å². The Morgan fingerprint density at radius 3 is 2.76 bits per heavy atom. The normalized spacial score (nSPS) is 11.8. The van der Waals surface area contributed by atoms with Crippen molar-refractivity contribution in [3.05, 3.63) is 47.1 Å². The van der Waals surface area contributed by atoms with E-state index in [-0.39, 0.29) is 0 Å². The molecule has 0 atom stereocenters. The first-order valence-electron chi connectivity index (χ1n) is 5.56. The van der Waals surface area contributed by atoms with Crippen LogP contribution in [0.3, 0.4) is 0 Å². The molecule has 0 amide bonds. The Balaban J connectivity index is 2.25. The molecule has 0 aliphatic rings. The van der Waals surface area contributed by atoms with E-state index in [0.717, 1.165) is 17.8 Å². The maximum absolute atomic E-state index is 4.15. The molecule has 3 nitrogen and oxygen atoms in total. The molecule has 0 aliphatic carbocycles. The van der Waals surface area contributed by atoms with Gasteiger partial charge in [-0.1, -0.05) is 30.3 Å². The van der Waals surface area contributed by atoms with Crippen LogP contribution < -0.4 is 0 Å². The fraction of sp³-hybridized carbons (Fsp3) is 0.231. The van der Waals surface area contributed by atoms with Crippen LogP contribution in [0.25, 0.3) is 11.8 Å². The molecule has 2 rings (SSSR count). The first kappa shape index (κ1) is 11.9. The lowest BCUT2D eigenvalue weighted by atomic mass is 10.3. The van der Waals surface area contributed by atoms with Gasteiger partial charge >= 0.3 is 0 Å². The van der Waals surface area contributed by atoms with Gasteiger partial charge in [-0.05, 0) is 35.8 Å². The molecule has 0 fully saturated rings. The highest BCUT2D eigenvalue weighted by molar-refractivity contribution is 8.02. The van der Waals surface area contributed by atoms with E-state index in [4.69, 9.17) is 0 Å². The van der Waals surface area contributed by atoms with Crippen LogP contribution in [0.15, 0.2) is 41.4 Å². The molecule has 0 spiro atoms. The van der Waals surface area contributed by atoms with Crippen molar-refractivity contribution in [1.29, 1.82) is 0 Å². The van der Waals surface area contributed by atoms with Crippen molar-refractivity contribution in [3.63, 3.8) is 0 Å². The third kappa shape index (κ3) is 2.97. The number of hydrogen-bond acceptors (Lipinski definition) is 3. The number of thioether (sulfide) groups is 1. The van der Waals surface area contributed by atoms with Crippen molar-refractivity contribution in [2.45, 2.75) is 13.3 Å². The van der Waals surface area contributed by atoms with E-state index in [1.165, 1.54) is 4.91 Å². The highest BCUT2D eigenvalue weighted by Crippen LogP contribution is 2.18. The van der Waals surface area contributed by atoms with Gasteiger partial charge in [0.2, 0.25) is 0 Å². The minimum atomic E-state index is 0.903. The summed E-state index contributed by atoms with van der Waals surface area (Å²) in [6, 6.07) is 10.00. The van der Waals surface area contributed by atoms with Crippen LogP contribution in [-0.2, 0) is 0 Å². The molecule has 2 aromatic rings. The molecule has 4 heteroatoms. The number of benzene rings is 1. The van der Waals surface area contributed by atoms with Crippen molar-refractivity contribution in [2.75, 3.05) is 6.26 Å². The summed E-state index contributed by atoms with van der Waals surface area (Å²) in [5.74, 6) is 0. The number of allylic oxidation sites excluding steroid dienone is 1. The van der Waals surface area contributed by atoms with Crippen LogP contribution in [0.4, 0.5) is 0 Å². The first-order chi connectivity index (χ1) is 8.33. The average molecular weight is 245 g/mol. The Kier molecular flexibility index (Phi) is 3.98. The summed E-state index contributed by atoms with van der Waals surface area (Å²) in [4.78, 5) is 1.31. The monoisotopic (exact) mass is 245 g/mol. The Labute approximate surface area is 106 Å². The minimum Gasteiger partial charge on any atom is -0.220 e. The molecule has 0 bridgehead atoms. The van der Waals surface area contributed by atoms with Gasteiger partial charge in [0, 0.05) is 0 Å². The molecule has 0 saturated carbocycles.